The number of hydrogen-bond acceptors (Lipinski definition) is 4. The Morgan fingerprint density at radius 3 is 2.80 bits per heavy atom. The molecule has 3 rings (SSSR count). The standard InChI is InChI=1S/C13H19N5O2/c19-11-7-13(8-15-11)2-5-17(6-3-13)12(20)1-4-18-10-14-9-16-18/h9-10H,1-8H2,(H,15,19). The Bertz CT molecular complexity index is 491. The average Bonchev–Trinajstić information content (AvgIpc) is 3.08. The molecule has 0 unspecified atom stereocenters. The maximum atomic E-state index is 12.1. The molecule has 20 heavy (non-hydrogen) atoms. The van der Waals surface area contributed by atoms with Gasteiger partial charge in [-0.2, -0.15) is 5.10 Å². The van der Waals surface area contributed by atoms with Crippen LogP contribution in [0.3, 0.4) is 0 Å². The van der Waals surface area contributed by atoms with Crippen LogP contribution in [-0.4, -0.2) is 51.1 Å². The number of nitrogens with one attached hydrogen (secondary N) is 1. The smallest absolute Gasteiger partial charge is 0.224 e. The highest BCUT2D eigenvalue weighted by Crippen LogP contribution is 2.37. The van der Waals surface area contributed by atoms with Gasteiger partial charge in [0, 0.05) is 32.5 Å². The third-order valence-corrected chi connectivity index (χ3v) is 4.39. The number of amides is 2. The predicted molar refractivity (Wildman–Crippen MR) is 70.5 cm³/mol. The molecular formula is C13H19N5O2. The van der Waals surface area contributed by atoms with Gasteiger partial charge in [0.05, 0.1) is 6.54 Å². The number of rotatable bonds is 3. The highest BCUT2D eigenvalue weighted by Gasteiger charge is 2.41. The molecule has 3 heterocycles. The Morgan fingerprint density at radius 1 is 1.40 bits per heavy atom. The lowest BCUT2D eigenvalue weighted by molar-refractivity contribution is -0.133. The fourth-order valence-electron chi connectivity index (χ4n) is 3.05. The van der Waals surface area contributed by atoms with Gasteiger partial charge in [0.25, 0.3) is 0 Å². The fraction of sp³-hybridized carbons (Fsp3) is 0.692. The van der Waals surface area contributed by atoms with Crippen molar-refractivity contribution in [1.82, 2.24) is 25.0 Å². The number of carbonyl (C=O) groups is 2. The van der Waals surface area contributed by atoms with Gasteiger partial charge in [-0.25, -0.2) is 4.98 Å². The molecule has 0 aliphatic carbocycles. The van der Waals surface area contributed by atoms with E-state index in [2.05, 4.69) is 15.4 Å². The Labute approximate surface area is 117 Å². The molecule has 1 aromatic heterocycles. The van der Waals surface area contributed by atoms with Gasteiger partial charge in [0.15, 0.2) is 0 Å². The first-order valence-corrected chi connectivity index (χ1v) is 7.04. The van der Waals surface area contributed by atoms with Crippen LogP contribution in [0, 0.1) is 5.41 Å². The second-order valence-corrected chi connectivity index (χ2v) is 5.74. The quantitative estimate of drug-likeness (QED) is 0.829. The van der Waals surface area contributed by atoms with Gasteiger partial charge in [-0.3, -0.25) is 14.3 Å². The fourth-order valence-corrected chi connectivity index (χ4v) is 3.05. The lowest BCUT2D eigenvalue weighted by Gasteiger charge is -2.38. The summed E-state index contributed by atoms with van der Waals surface area (Å²) in [4.78, 5) is 29.3. The van der Waals surface area contributed by atoms with E-state index < -0.39 is 0 Å². The molecule has 0 saturated carbocycles. The number of piperidine rings is 1. The van der Waals surface area contributed by atoms with Gasteiger partial charge in [-0.05, 0) is 18.3 Å². The summed E-state index contributed by atoms with van der Waals surface area (Å²) in [6, 6.07) is 0. The van der Waals surface area contributed by atoms with Gasteiger partial charge in [-0.15, -0.1) is 0 Å². The third kappa shape index (κ3) is 2.66. The Morgan fingerprint density at radius 2 is 2.20 bits per heavy atom. The summed E-state index contributed by atoms with van der Waals surface area (Å²) in [5.74, 6) is 0.309. The molecule has 2 amide bonds. The van der Waals surface area contributed by atoms with Gasteiger partial charge in [-0.1, -0.05) is 0 Å². The summed E-state index contributed by atoms with van der Waals surface area (Å²) in [7, 11) is 0. The number of likely N-dealkylation sites (tertiary alicyclic amines) is 1. The van der Waals surface area contributed by atoms with Gasteiger partial charge in [0.2, 0.25) is 11.8 Å². The van der Waals surface area contributed by atoms with Crippen LogP contribution in [0.2, 0.25) is 0 Å². The van der Waals surface area contributed by atoms with Crippen molar-refractivity contribution in [1.29, 1.82) is 0 Å². The maximum Gasteiger partial charge on any atom is 0.224 e. The average molecular weight is 277 g/mol. The minimum Gasteiger partial charge on any atom is -0.356 e. The SMILES string of the molecule is O=C1CC2(CCN(C(=O)CCn3cncn3)CC2)CN1. The van der Waals surface area contributed by atoms with E-state index in [0.717, 1.165) is 32.5 Å². The van der Waals surface area contributed by atoms with Gasteiger partial charge >= 0.3 is 0 Å². The van der Waals surface area contributed by atoms with E-state index in [4.69, 9.17) is 0 Å². The lowest BCUT2D eigenvalue weighted by atomic mass is 9.77. The predicted octanol–water partition coefficient (Wildman–Crippen LogP) is -0.203. The van der Waals surface area contributed by atoms with E-state index in [0.29, 0.717) is 19.4 Å². The Balaban J connectivity index is 1.48. The van der Waals surface area contributed by atoms with Crippen LogP contribution in [0.4, 0.5) is 0 Å². The molecule has 1 N–H and O–H groups in total. The minimum atomic E-state index is 0.0970. The molecule has 7 nitrogen and oxygen atoms in total. The van der Waals surface area contributed by atoms with E-state index in [1.807, 2.05) is 4.90 Å². The van der Waals surface area contributed by atoms with Crippen molar-refractivity contribution in [3.63, 3.8) is 0 Å². The zero-order valence-corrected chi connectivity index (χ0v) is 11.4. The molecule has 0 atom stereocenters. The van der Waals surface area contributed by atoms with Crippen LogP contribution in [0.15, 0.2) is 12.7 Å². The molecule has 0 bridgehead atoms. The Hall–Kier alpha value is -1.92. The second-order valence-electron chi connectivity index (χ2n) is 5.74. The molecule has 2 aliphatic rings. The van der Waals surface area contributed by atoms with Crippen molar-refractivity contribution in [2.45, 2.75) is 32.2 Å². The highest BCUT2D eigenvalue weighted by atomic mass is 16.2. The minimum absolute atomic E-state index is 0.0970. The van der Waals surface area contributed by atoms with Crippen molar-refractivity contribution in [3.8, 4) is 0 Å². The summed E-state index contributed by atoms with van der Waals surface area (Å²) in [6.07, 6.45) is 6.00. The summed E-state index contributed by atoms with van der Waals surface area (Å²) >= 11 is 0. The summed E-state index contributed by atoms with van der Waals surface area (Å²) < 4.78 is 1.67. The number of aryl methyl sites for hydroxylation is 1. The molecule has 0 aromatic carbocycles. The van der Waals surface area contributed by atoms with E-state index in [9.17, 15) is 9.59 Å². The van der Waals surface area contributed by atoms with E-state index in [1.54, 1.807) is 11.0 Å². The molecule has 1 aromatic rings. The van der Waals surface area contributed by atoms with Gasteiger partial charge in [0.1, 0.15) is 12.7 Å². The Kier molecular flexibility index (Phi) is 3.42. The van der Waals surface area contributed by atoms with Crippen molar-refractivity contribution >= 4 is 11.8 Å². The van der Waals surface area contributed by atoms with E-state index >= 15 is 0 Å². The van der Waals surface area contributed by atoms with Crippen LogP contribution in [0.5, 0.6) is 0 Å². The molecule has 7 heteroatoms. The molecule has 2 saturated heterocycles. The molecule has 2 aliphatic heterocycles. The van der Waals surface area contributed by atoms with Crippen molar-refractivity contribution in [3.05, 3.63) is 12.7 Å². The number of carbonyl (C=O) groups excluding carboxylic acids is 2. The second kappa shape index (κ2) is 5.22. The first-order chi connectivity index (χ1) is 9.67. The molecular weight excluding hydrogens is 258 g/mol. The van der Waals surface area contributed by atoms with Crippen LogP contribution >= 0.6 is 0 Å². The zero-order chi connectivity index (χ0) is 14.0. The number of hydrogen-bond donors (Lipinski definition) is 1. The van der Waals surface area contributed by atoms with Crippen molar-refractivity contribution in [2.24, 2.45) is 5.41 Å². The summed E-state index contributed by atoms with van der Waals surface area (Å²) in [5, 5.41) is 6.90. The topological polar surface area (TPSA) is 80.1 Å². The molecule has 1 spiro atoms. The summed E-state index contributed by atoms with van der Waals surface area (Å²) in [5.41, 5.74) is 0.0970. The molecule has 0 radical (unpaired) electrons. The molecule has 2 fully saturated rings. The third-order valence-electron chi connectivity index (χ3n) is 4.39. The molecule has 108 valence electrons. The first-order valence-electron chi connectivity index (χ1n) is 7.04. The lowest BCUT2D eigenvalue weighted by Crippen LogP contribution is -2.44. The van der Waals surface area contributed by atoms with Crippen LogP contribution in [0.1, 0.15) is 25.7 Å². The van der Waals surface area contributed by atoms with Crippen molar-refractivity contribution < 1.29 is 9.59 Å². The zero-order valence-electron chi connectivity index (χ0n) is 11.4. The number of aromatic nitrogens is 3. The maximum absolute atomic E-state index is 12.1. The van der Waals surface area contributed by atoms with E-state index in [-0.39, 0.29) is 17.2 Å². The number of nitrogens with zero attached hydrogens (tertiary/aromatic N) is 4. The van der Waals surface area contributed by atoms with Crippen LogP contribution in [0.25, 0.3) is 0 Å². The highest BCUT2D eigenvalue weighted by molar-refractivity contribution is 5.79. The van der Waals surface area contributed by atoms with E-state index in [1.165, 1.54) is 6.33 Å². The van der Waals surface area contributed by atoms with Crippen molar-refractivity contribution in [2.75, 3.05) is 19.6 Å². The monoisotopic (exact) mass is 277 g/mol. The van der Waals surface area contributed by atoms with Gasteiger partial charge < -0.3 is 10.2 Å². The summed E-state index contributed by atoms with van der Waals surface area (Å²) in [6.45, 7) is 2.85. The first kappa shape index (κ1) is 13.1. The normalized spacial score (nSPS) is 21.2. The van der Waals surface area contributed by atoms with Crippen LogP contribution in [-0.2, 0) is 16.1 Å². The van der Waals surface area contributed by atoms with Crippen LogP contribution < -0.4 is 5.32 Å². The largest absolute Gasteiger partial charge is 0.356 e.